The maximum absolute atomic E-state index is 12.9. The van der Waals surface area contributed by atoms with Crippen LogP contribution < -0.4 is 10.2 Å². The fourth-order valence-corrected chi connectivity index (χ4v) is 2.74. The van der Waals surface area contributed by atoms with Crippen molar-refractivity contribution in [2.24, 2.45) is 0 Å². The van der Waals surface area contributed by atoms with Crippen molar-refractivity contribution < 1.29 is 18.0 Å². The van der Waals surface area contributed by atoms with Crippen LogP contribution >= 0.6 is 15.9 Å². The van der Waals surface area contributed by atoms with Gasteiger partial charge in [0.25, 0.3) is 0 Å². The van der Waals surface area contributed by atoms with Gasteiger partial charge in [0.05, 0.1) is 11.6 Å². The summed E-state index contributed by atoms with van der Waals surface area (Å²) >= 11 is 2.89. The van der Waals surface area contributed by atoms with Gasteiger partial charge in [0.1, 0.15) is 0 Å². The smallest absolute Gasteiger partial charge is 0.311 e. The summed E-state index contributed by atoms with van der Waals surface area (Å²) in [5.41, 5.74) is -0.486. The molecular formula is C13H14BrF3N2O. The first-order valence-corrected chi connectivity index (χ1v) is 7.05. The Kier molecular flexibility index (Phi) is 4.39. The molecule has 1 unspecified atom stereocenters. The van der Waals surface area contributed by atoms with Gasteiger partial charge in [-0.15, -0.1) is 0 Å². The first-order valence-electron chi connectivity index (χ1n) is 6.26. The largest absolute Gasteiger partial charge is 0.417 e. The SMILES string of the molecule is CCNC1CCN(c2ccc(Br)c(C(F)(F)F)c2)C1=O. The summed E-state index contributed by atoms with van der Waals surface area (Å²) in [5, 5.41) is 3.03. The van der Waals surface area contributed by atoms with Gasteiger partial charge in [-0.1, -0.05) is 22.9 Å². The summed E-state index contributed by atoms with van der Waals surface area (Å²) < 4.78 is 38.6. The van der Waals surface area contributed by atoms with Crippen LogP contribution in [0.2, 0.25) is 0 Å². The van der Waals surface area contributed by atoms with Crippen LogP contribution in [0.1, 0.15) is 18.9 Å². The number of hydrogen-bond acceptors (Lipinski definition) is 2. The third kappa shape index (κ3) is 2.98. The lowest BCUT2D eigenvalue weighted by Crippen LogP contribution is -2.38. The third-order valence-corrected chi connectivity index (χ3v) is 3.91. The number of anilines is 1. The summed E-state index contributed by atoms with van der Waals surface area (Å²) in [6.45, 7) is 2.96. The molecule has 1 fully saturated rings. The summed E-state index contributed by atoms with van der Waals surface area (Å²) in [6, 6.07) is 3.55. The zero-order valence-electron chi connectivity index (χ0n) is 10.8. The van der Waals surface area contributed by atoms with Gasteiger partial charge >= 0.3 is 6.18 Å². The minimum absolute atomic E-state index is 0.0244. The van der Waals surface area contributed by atoms with E-state index in [1.54, 1.807) is 0 Å². The minimum Gasteiger partial charge on any atom is -0.311 e. The summed E-state index contributed by atoms with van der Waals surface area (Å²) in [7, 11) is 0. The van der Waals surface area contributed by atoms with Gasteiger partial charge in [0, 0.05) is 16.7 Å². The molecule has 0 aromatic heterocycles. The molecule has 1 aromatic rings. The molecule has 2 rings (SSSR count). The number of likely N-dealkylation sites (N-methyl/N-ethyl adjacent to an activating group) is 1. The maximum Gasteiger partial charge on any atom is 0.417 e. The molecule has 0 aliphatic carbocycles. The predicted molar refractivity (Wildman–Crippen MR) is 73.6 cm³/mol. The van der Waals surface area contributed by atoms with Crippen molar-refractivity contribution in [3.8, 4) is 0 Å². The topological polar surface area (TPSA) is 32.3 Å². The van der Waals surface area contributed by atoms with Gasteiger partial charge in [0.2, 0.25) is 5.91 Å². The highest BCUT2D eigenvalue weighted by molar-refractivity contribution is 9.10. The van der Waals surface area contributed by atoms with Crippen LogP contribution in [0.3, 0.4) is 0 Å². The van der Waals surface area contributed by atoms with Crippen molar-refractivity contribution in [3.05, 3.63) is 28.2 Å². The number of halogens is 4. The van der Waals surface area contributed by atoms with Crippen LogP contribution in [0.25, 0.3) is 0 Å². The lowest BCUT2D eigenvalue weighted by molar-refractivity contribution is -0.138. The number of carbonyl (C=O) groups is 1. The van der Waals surface area contributed by atoms with E-state index in [-0.39, 0.29) is 22.1 Å². The van der Waals surface area contributed by atoms with Crippen LogP contribution in [0.5, 0.6) is 0 Å². The summed E-state index contributed by atoms with van der Waals surface area (Å²) in [4.78, 5) is 13.5. The highest BCUT2D eigenvalue weighted by atomic mass is 79.9. The number of nitrogens with zero attached hydrogens (tertiary/aromatic N) is 1. The Bertz CT molecular complexity index is 519. The lowest BCUT2D eigenvalue weighted by atomic mass is 10.2. The monoisotopic (exact) mass is 350 g/mol. The molecule has 0 bridgehead atoms. The number of rotatable bonds is 3. The van der Waals surface area contributed by atoms with E-state index in [9.17, 15) is 18.0 Å². The number of nitrogens with one attached hydrogen (secondary N) is 1. The first kappa shape index (κ1) is 15.3. The van der Waals surface area contributed by atoms with Crippen LogP contribution in [0, 0.1) is 0 Å². The molecule has 1 saturated heterocycles. The predicted octanol–water partition coefficient (Wildman–Crippen LogP) is 3.18. The summed E-state index contributed by atoms with van der Waals surface area (Å²) in [5.74, 6) is -0.178. The Labute approximate surface area is 123 Å². The van der Waals surface area contributed by atoms with E-state index in [4.69, 9.17) is 0 Å². The molecule has 1 heterocycles. The molecule has 3 nitrogen and oxygen atoms in total. The fraction of sp³-hybridized carbons (Fsp3) is 0.462. The fourth-order valence-electron chi connectivity index (χ4n) is 2.27. The molecule has 0 spiro atoms. The van der Waals surface area contributed by atoms with E-state index < -0.39 is 11.7 Å². The second-order valence-electron chi connectivity index (χ2n) is 4.55. The number of alkyl halides is 3. The Morgan fingerprint density at radius 3 is 2.75 bits per heavy atom. The van der Waals surface area contributed by atoms with E-state index in [2.05, 4.69) is 21.2 Å². The van der Waals surface area contributed by atoms with E-state index in [0.29, 0.717) is 19.5 Å². The standard InChI is InChI=1S/C13H14BrF3N2O/c1-2-18-11-5-6-19(12(11)20)8-3-4-10(14)9(7-8)13(15,16)17/h3-4,7,11,18H,2,5-6H2,1H3. The number of hydrogen-bond donors (Lipinski definition) is 1. The molecule has 1 atom stereocenters. The van der Waals surface area contributed by atoms with Crippen molar-refractivity contribution in [1.82, 2.24) is 5.32 Å². The quantitative estimate of drug-likeness (QED) is 0.907. The van der Waals surface area contributed by atoms with Crippen LogP contribution in [0.4, 0.5) is 18.9 Å². The molecule has 0 radical (unpaired) electrons. The van der Waals surface area contributed by atoms with Crippen LogP contribution in [-0.4, -0.2) is 25.0 Å². The molecule has 7 heteroatoms. The zero-order valence-corrected chi connectivity index (χ0v) is 12.4. The Hall–Kier alpha value is -1.08. The highest BCUT2D eigenvalue weighted by Crippen LogP contribution is 2.37. The normalized spacial score (nSPS) is 19.8. The van der Waals surface area contributed by atoms with E-state index >= 15 is 0 Å². The van der Waals surface area contributed by atoms with Gasteiger partial charge < -0.3 is 10.2 Å². The molecule has 1 amide bonds. The van der Waals surface area contributed by atoms with Crippen LogP contribution in [0.15, 0.2) is 22.7 Å². The Balaban J connectivity index is 2.29. The van der Waals surface area contributed by atoms with Crippen molar-refractivity contribution in [3.63, 3.8) is 0 Å². The average molecular weight is 351 g/mol. The molecule has 20 heavy (non-hydrogen) atoms. The molecule has 1 N–H and O–H groups in total. The molecule has 1 aliphatic rings. The van der Waals surface area contributed by atoms with E-state index in [0.717, 1.165) is 6.07 Å². The molecule has 1 aromatic carbocycles. The number of benzene rings is 1. The summed E-state index contributed by atoms with van der Waals surface area (Å²) in [6.07, 6.45) is -3.84. The molecular weight excluding hydrogens is 337 g/mol. The second kappa shape index (κ2) is 5.73. The first-order chi connectivity index (χ1) is 9.34. The van der Waals surface area contributed by atoms with Crippen LogP contribution in [-0.2, 0) is 11.0 Å². The number of amides is 1. The minimum atomic E-state index is -4.45. The molecule has 1 aliphatic heterocycles. The average Bonchev–Trinajstić information content (AvgIpc) is 2.71. The van der Waals surface area contributed by atoms with E-state index in [1.165, 1.54) is 17.0 Å². The van der Waals surface area contributed by atoms with E-state index in [1.807, 2.05) is 6.92 Å². The third-order valence-electron chi connectivity index (χ3n) is 3.22. The number of carbonyl (C=O) groups excluding carboxylic acids is 1. The maximum atomic E-state index is 12.9. The van der Waals surface area contributed by atoms with Gasteiger partial charge in [-0.2, -0.15) is 13.2 Å². The van der Waals surface area contributed by atoms with Gasteiger partial charge in [-0.05, 0) is 31.2 Å². The van der Waals surface area contributed by atoms with Crippen molar-refractivity contribution in [2.75, 3.05) is 18.0 Å². The second-order valence-corrected chi connectivity index (χ2v) is 5.41. The molecule has 110 valence electrons. The van der Waals surface area contributed by atoms with Gasteiger partial charge in [-0.3, -0.25) is 4.79 Å². The Morgan fingerprint density at radius 1 is 1.45 bits per heavy atom. The lowest BCUT2D eigenvalue weighted by Gasteiger charge is -2.19. The highest BCUT2D eigenvalue weighted by Gasteiger charge is 2.36. The van der Waals surface area contributed by atoms with Crippen molar-refractivity contribution in [1.29, 1.82) is 0 Å². The van der Waals surface area contributed by atoms with Gasteiger partial charge in [-0.25, -0.2) is 0 Å². The van der Waals surface area contributed by atoms with Crippen molar-refractivity contribution in [2.45, 2.75) is 25.6 Å². The Morgan fingerprint density at radius 2 is 2.15 bits per heavy atom. The van der Waals surface area contributed by atoms with Crippen molar-refractivity contribution >= 4 is 27.5 Å². The zero-order chi connectivity index (χ0) is 14.9. The van der Waals surface area contributed by atoms with Gasteiger partial charge in [0.15, 0.2) is 0 Å². The molecule has 0 saturated carbocycles.